The molecule has 0 aliphatic heterocycles. The molecule has 2 amide bonds. The molecule has 2 aromatic rings. The van der Waals surface area contributed by atoms with Crippen LogP contribution in [0.3, 0.4) is 0 Å². The van der Waals surface area contributed by atoms with Gasteiger partial charge < -0.3 is 10.2 Å². The van der Waals surface area contributed by atoms with Gasteiger partial charge in [0, 0.05) is 11.4 Å². The van der Waals surface area contributed by atoms with Crippen LogP contribution in [0.5, 0.6) is 0 Å². The Hall–Kier alpha value is -2.73. The number of carbonyl (C=O) groups excluding carboxylic acids is 2. The highest BCUT2D eigenvalue weighted by molar-refractivity contribution is 7.09. The molecular weight excluding hydrogens is 316 g/mol. The summed E-state index contributed by atoms with van der Waals surface area (Å²) in [5.74, 6) is -0.465. The van der Waals surface area contributed by atoms with E-state index in [0.29, 0.717) is 13.1 Å². The van der Waals surface area contributed by atoms with E-state index in [1.54, 1.807) is 24.3 Å². The standard InChI is InChI=1S/C14H16N6O2S/c1-2-19(8-13(21)16-7-11-4-3-5-23-11)14(22)9-20-10-17-12(6-15)18-20/h3-5,10H,2,7-9H2,1H3,(H,16,21). The van der Waals surface area contributed by atoms with E-state index >= 15 is 0 Å². The van der Waals surface area contributed by atoms with Crippen molar-refractivity contribution in [3.63, 3.8) is 0 Å². The van der Waals surface area contributed by atoms with E-state index in [4.69, 9.17) is 5.26 Å². The zero-order valence-corrected chi connectivity index (χ0v) is 13.4. The molecule has 0 bridgehead atoms. The number of aromatic nitrogens is 3. The molecule has 2 aromatic heterocycles. The average molecular weight is 332 g/mol. The second kappa shape index (κ2) is 8.05. The summed E-state index contributed by atoms with van der Waals surface area (Å²) in [4.78, 5) is 30.3. The first-order valence-corrected chi connectivity index (χ1v) is 7.86. The topological polar surface area (TPSA) is 104 Å². The number of hydrogen-bond donors (Lipinski definition) is 1. The summed E-state index contributed by atoms with van der Waals surface area (Å²) >= 11 is 1.56. The van der Waals surface area contributed by atoms with Gasteiger partial charge in [-0.05, 0) is 18.4 Å². The first-order valence-electron chi connectivity index (χ1n) is 6.98. The average Bonchev–Trinajstić information content (AvgIpc) is 3.21. The highest BCUT2D eigenvalue weighted by Gasteiger charge is 2.16. The van der Waals surface area contributed by atoms with Crippen LogP contribution in [-0.2, 0) is 22.7 Å². The Bertz CT molecular complexity index is 703. The zero-order valence-electron chi connectivity index (χ0n) is 12.6. The van der Waals surface area contributed by atoms with Gasteiger partial charge in [0.2, 0.25) is 11.8 Å². The summed E-state index contributed by atoms with van der Waals surface area (Å²) in [6, 6.07) is 5.65. The molecule has 0 saturated heterocycles. The van der Waals surface area contributed by atoms with Gasteiger partial charge in [-0.2, -0.15) is 5.26 Å². The third-order valence-corrected chi connectivity index (χ3v) is 3.92. The van der Waals surface area contributed by atoms with Crippen LogP contribution in [0.4, 0.5) is 0 Å². The normalized spacial score (nSPS) is 10.1. The number of likely N-dealkylation sites (N-methyl/N-ethyl adjacent to an activating group) is 1. The lowest BCUT2D eigenvalue weighted by atomic mass is 10.4. The maximum absolute atomic E-state index is 12.2. The Morgan fingerprint density at radius 2 is 2.35 bits per heavy atom. The molecule has 2 rings (SSSR count). The number of amides is 2. The smallest absolute Gasteiger partial charge is 0.252 e. The number of rotatable bonds is 7. The monoisotopic (exact) mass is 332 g/mol. The number of nitrogens with one attached hydrogen (secondary N) is 1. The second-order valence-electron chi connectivity index (χ2n) is 4.64. The fourth-order valence-electron chi connectivity index (χ4n) is 1.87. The molecule has 2 heterocycles. The number of thiophene rings is 1. The minimum Gasteiger partial charge on any atom is -0.350 e. The summed E-state index contributed by atoms with van der Waals surface area (Å²) in [5, 5.41) is 17.2. The van der Waals surface area contributed by atoms with Gasteiger partial charge in [-0.15, -0.1) is 16.4 Å². The number of carbonyl (C=O) groups is 2. The lowest BCUT2D eigenvalue weighted by Crippen LogP contribution is -2.41. The Labute approximate surface area is 137 Å². The fourth-order valence-corrected chi connectivity index (χ4v) is 2.51. The first-order chi connectivity index (χ1) is 11.1. The van der Waals surface area contributed by atoms with Gasteiger partial charge in [0.05, 0.1) is 13.1 Å². The molecule has 0 radical (unpaired) electrons. The predicted molar refractivity (Wildman–Crippen MR) is 83.2 cm³/mol. The van der Waals surface area contributed by atoms with Crippen molar-refractivity contribution in [3.8, 4) is 6.07 Å². The summed E-state index contributed by atoms with van der Waals surface area (Å²) in [7, 11) is 0. The summed E-state index contributed by atoms with van der Waals surface area (Å²) in [6.07, 6.45) is 1.32. The van der Waals surface area contributed by atoms with Crippen LogP contribution >= 0.6 is 11.3 Å². The molecule has 23 heavy (non-hydrogen) atoms. The Balaban J connectivity index is 1.84. The highest BCUT2D eigenvalue weighted by atomic mass is 32.1. The van der Waals surface area contributed by atoms with E-state index in [1.807, 2.05) is 17.5 Å². The summed E-state index contributed by atoms with van der Waals surface area (Å²) in [6.45, 7) is 2.59. The SMILES string of the molecule is CCN(CC(=O)NCc1cccs1)C(=O)Cn1cnc(C#N)n1. The van der Waals surface area contributed by atoms with Crippen molar-refractivity contribution in [3.05, 3.63) is 34.5 Å². The molecular formula is C14H16N6O2S. The Morgan fingerprint density at radius 1 is 1.52 bits per heavy atom. The van der Waals surface area contributed by atoms with Crippen LogP contribution in [0.15, 0.2) is 23.8 Å². The quantitative estimate of drug-likeness (QED) is 0.789. The minimum atomic E-state index is -0.256. The van der Waals surface area contributed by atoms with Gasteiger partial charge in [-0.25, -0.2) is 9.67 Å². The third-order valence-electron chi connectivity index (χ3n) is 3.04. The van der Waals surface area contributed by atoms with Gasteiger partial charge in [-0.1, -0.05) is 6.07 Å². The number of hydrogen-bond acceptors (Lipinski definition) is 6. The van der Waals surface area contributed by atoms with Crippen molar-refractivity contribution in [2.75, 3.05) is 13.1 Å². The van der Waals surface area contributed by atoms with Crippen LogP contribution in [-0.4, -0.2) is 44.6 Å². The minimum absolute atomic E-state index is 0.00883. The summed E-state index contributed by atoms with van der Waals surface area (Å²) < 4.78 is 1.28. The molecule has 0 aromatic carbocycles. The van der Waals surface area contributed by atoms with Crippen LogP contribution < -0.4 is 5.32 Å². The molecule has 120 valence electrons. The van der Waals surface area contributed by atoms with Crippen LogP contribution in [0.1, 0.15) is 17.6 Å². The third kappa shape index (κ3) is 4.89. The number of nitrogens with zero attached hydrogens (tertiary/aromatic N) is 5. The highest BCUT2D eigenvalue weighted by Crippen LogP contribution is 2.07. The van der Waals surface area contributed by atoms with Crippen molar-refractivity contribution in [1.82, 2.24) is 25.0 Å². The van der Waals surface area contributed by atoms with Crippen molar-refractivity contribution >= 4 is 23.2 Å². The van der Waals surface area contributed by atoms with E-state index in [0.717, 1.165) is 4.88 Å². The molecule has 8 nitrogen and oxygen atoms in total. The molecule has 0 unspecified atom stereocenters. The van der Waals surface area contributed by atoms with Crippen LogP contribution in [0, 0.1) is 11.3 Å². The van der Waals surface area contributed by atoms with E-state index in [1.165, 1.54) is 15.9 Å². The zero-order chi connectivity index (χ0) is 16.7. The van der Waals surface area contributed by atoms with Gasteiger partial charge >= 0.3 is 0 Å². The van der Waals surface area contributed by atoms with Crippen molar-refractivity contribution in [2.24, 2.45) is 0 Å². The maximum atomic E-state index is 12.2. The van der Waals surface area contributed by atoms with Crippen molar-refractivity contribution in [1.29, 1.82) is 5.26 Å². The van der Waals surface area contributed by atoms with Gasteiger partial charge in [-0.3, -0.25) is 9.59 Å². The second-order valence-corrected chi connectivity index (χ2v) is 5.67. The molecule has 0 aliphatic rings. The molecule has 0 spiro atoms. The largest absolute Gasteiger partial charge is 0.350 e. The lowest BCUT2D eigenvalue weighted by molar-refractivity contribution is -0.136. The maximum Gasteiger partial charge on any atom is 0.252 e. The molecule has 9 heteroatoms. The lowest BCUT2D eigenvalue weighted by Gasteiger charge is -2.20. The molecule has 0 atom stereocenters. The van der Waals surface area contributed by atoms with E-state index in [2.05, 4.69) is 15.4 Å². The van der Waals surface area contributed by atoms with Crippen LogP contribution in [0.25, 0.3) is 0 Å². The molecule has 0 aliphatic carbocycles. The van der Waals surface area contributed by atoms with E-state index in [-0.39, 0.29) is 30.7 Å². The molecule has 0 fully saturated rings. The molecule has 0 saturated carbocycles. The van der Waals surface area contributed by atoms with E-state index in [9.17, 15) is 9.59 Å². The van der Waals surface area contributed by atoms with Crippen molar-refractivity contribution < 1.29 is 9.59 Å². The number of nitriles is 1. The van der Waals surface area contributed by atoms with Gasteiger partial charge in [0.1, 0.15) is 18.9 Å². The summed E-state index contributed by atoms with van der Waals surface area (Å²) in [5.41, 5.74) is 0. The van der Waals surface area contributed by atoms with Crippen LogP contribution in [0.2, 0.25) is 0 Å². The van der Waals surface area contributed by atoms with Gasteiger partial charge in [0.15, 0.2) is 0 Å². The van der Waals surface area contributed by atoms with Gasteiger partial charge in [0.25, 0.3) is 5.82 Å². The van der Waals surface area contributed by atoms with E-state index < -0.39 is 0 Å². The predicted octanol–water partition coefficient (Wildman–Crippen LogP) is 0.376. The first kappa shape index (κ1) is 16.6. The Morgan fingerprint density at radius 3 is 2.96 bits per heavy atom. The fraction of sp³-hybridized carbons (Fsp3) is 0.357. The van der Waals surface area contributed by atoms with Crippen molar-refractivity contribution in [2.45, 2.75) is 20.0 Å². The molecule has 1 N–H and O–H groups in total. The Kier molecular flexibility index (Phi) is 5.82.